The highest BCUT2D eigenvalue weighted by atomic mass is 32.1. The minimum Gasteiger partial charge on any atom is -0.172 e. The average Bonchev–Trinajstić information content (AvgIpc) is 1.79. The predicted molar refractivity (Wildman–Crippen MR) is 44.9 cm³/mol. The smallest absolute Gasteiger partial charge is 0.0207 e. The summed E-state index contributed by atoms with van der Waals surface area (Å²) in [6.45, 7) is 6.74. The lowest BCUT2D eigenvalue weighted by Gasteiger charge is -2.19. The summed E-state index contributed by atoms with van der Waals surface area (Å²) in [5, 5.41) is 0.500. The Balaban J connectivity index is 2.76. The number of hydrogen-bond acceptors (Lipinski definition) is 1. The highest BCUT2D eigenvalue weighted by Crippen LogP contribution is 2.39. The summed E-state index contributed by atoms with van der Waals surface area (Å²) in [6, 6.07) is 0. The van der Waals surface area contributed by atoms with Crippen LogP contribution in [0.5, 0.6) is 0 Å². The van der Waals surface area contributed by atoms with Crippen LogP contribution in [-0.2, 0) is 0 Å². The largest absolute Gasteiger partial charge is 0.172 e. The van der Waals surface area contributed by atoms with E-state index in [1.54, 1.807) is 0 Å². The molecule has 0 aromatic heterocycles. The Bertz CT molecular complexity index is 145. The van der Waals surface area contributed by atoms with E-state index in [0.717, 1.165) is 0 Å². The molecule has 0 aliphatic heterocycles. The quantitative estimate of drug-likeness (QED) is 0.390. The van der Waals surface area contributed by atoms with Crippen molar-refractivity contribution in [3.8, 4) is 0 Å². The lowest BCUT2D eigenvalue weighted by atomic mass is 9.87. The van der Waals surface area contributed by atoms with Crippen molar-refractivity contribution < 1.29 is 0 Å². The van der Waals surface area contributed by atoms with Crippen molar-refractivity contribution in [3.05, 3.63) is 11.6 Å². The predicted octanol–water partition coefficient (Wildman–Crippen LogP) is 2.66. The molecular weight excluding hydrogens is 128 g/mol. The van der Waals surface area contributed by atoms with E-state index in [-0.39, 0.29) is 0 Å². The highest BCUT2D eigenvalue weighted by Gasteiger charge is 2.28. The van der Waals surface area contributed by atoms with E-state index in [9.17, 15) is 0 Å². The maximum atomic E-state index is 4.39. The first-order chi connectivity index (χ1) is 4.02. The molecule has 0 spiro atoms. The summed E-state index contributed by atoms with van der Waals surface area (Å²) in [5.41, 5.74) is 1.90. The first kappa shape index (κ1) is 7.20. The van der Waals surface area contributed by atoms with Gasteiger partial charge in [-0.15, -0.1) is 0 Å². The molecule has 0 saturated heterocycles. The zero-order chi connectivity index (χ0) is 7.07. The Labute approximate surface area is 62.8 Å². The van der Waals surface area contributed by atoms with Gasteiger partial charge in [0, 0.05) is 5.25 Å². The van der Waals surface area contributed by atoms with Gasteiger partial charge in [0.25, 0.3) is 0 Å². The summed E-state index contributed by atoms with van der Waals surface area (Å²) in [4.78, 5) is 0. The first-order valence-electron chi connectivity index (χ1n) is 3.39. The minimum absolute atomic E-state index is 0.409. The Morgan fingerprint density at radius 1 is 1.67 bits per heavy atom. The van der Waals surface area contributed by atoms with Gasteiger partial charge in [0.2, 0.25) is 0 Å². The second-order valence-electron chi connectivity index (χ2n) is 3.51. The van der Waals surface area contributed by atoms with E-state index in [2.05, 4.69) is 39.5 Å². The summed E-state index contributed by atoms with van der Waals surface area (Å²) in [7, 11) is 0. The first-order valence-corrected chi connectivity index (χ1v) is 3.91. The second-order valence-corrected chi connectivity index (χ2v) is 4.17. The van der Waals surface area contributed by atoms with E-state index >= 15 is 0 Å². The highest BCUT2D eigenvalue weighted by molar-refractivity contribution is 7.81. The fourth-order valence-corrected chi connectivity index (χ4v) is 1.94. The van der Waals surface area contributed by atoms with Gasteiger partial charge in [-0.25, -0.2) is 0 Å². The molecule has 1 aliphatic carbocycles. The molecule has 0 amide bonds. The van der Waals surface area contributed by atoms with Crippen LogP contribution in [0.25, 0.3) is 0 Å². The van der Waals surface area contributed by atoms with Crippen LogP contribution in [0.3, 0.4) is 0 Å². The number of allylic oxidation sites excluding steroid dienone is 1. The molecule has 9 heavy (non-hydrogen) atoms. The fraction of sp³-hybridized carbons (Fsp3) is 0.750. The second kappa shape index (κ2) is 2.05. The Morgan fingerprint density at radius 3 is 2.33 bits per heavy atom. The lowest BCUT2D eigenvalue weighted by molar-refractivity contribution is 0.447. The summed E-state index contributed by atoms with van der Waals surface area (Å²) in [6.07, 6.45) is 3.45. The van der Waals surface area contributed by atoms with Crippen LogP contribution >= 0.6 is 12.6 Å². The summed E-state index contributed by atoms with van der Waals surface area (Å²) < 4.78 is 0. The summed E-state index contributed by atoms with van der Waals surface area (Å²) in [5.74, 6) is 0. The molecule has 1 aliphatic rings. The van der Waals surface area contributed by atoms with Crippen LogP contribution < -0.4 is 0 Å². The molecule has 0 saturated carbocycles. The molecule has 1 unspecified atom stereocenters. The Kier molecular flexibility index (Phi) is 1.64. The maximum absolute atomic E-state index is 4.39. The molecule has 0 heterocycles. The van der Waals surface area contributed by atoms with Crippen molar-refractivity contribution in [3.63, 3.8) is 0 Å². The topological polar surface area (TPSA) is 0 Å². The molecule has 0 aromatic rings. The van der Waals surface area contributed by atoms with Gasteiger partial charge in [-0.2, -0.15) is 12.6 Å². The van der Waals surface area contributed by atoms with Crippen LogP contribution in [0, 0.1) is 5.41 Å². The summed E-state index contributed by atoms with van der Waals surface area (Å²) >= 11 is 4.39. The van der Waals surface area contributed by atoms with Gasteiger partial charge in [-0.05, 0) is 18.8 Å². The SMILES string of the molecule is CC1=CC(S)CC1(C)C. The van der Waals surface area contributed by atoms with Crippen molar-refractivity contribution in [1.82, 2.24) is 0 Å². The van der Waals surface area contributed by atoms with Crippen LogP contribution in [-0.4, -0.2) is 5.25 Å². The van der Waals surface area contributed by atoms with E-state index in [4.69, 9.17) is 0 Å². The number of rotatable bonds is 0. The van der Waals surface area contributed by atoms with Crippen molar-refractivity contribution >= 4 is 12.6 Å². The monoisotopic (exact) mass is 142 g/mol. The van der Waals surface area contributed by atoms with Gasteiger partial charge in [0.05, 0.1) is 0 Å². The van der Waals surface area contributed by atoms with E-state index < -0.39 is 0 Å². The average molecular weight is 142 g/mol. The molecule has 0 radical (unpaired) electrons. The van der Waals surface area contributed by atoms with Gasteiger partial charge >= 0.3 is 0 Å². The van der Waals surface area contributed by atoms with Crippen LogP contribution in [0.2, 0.25) is 0 Å². The van der Waals surface area contributed by atoms with Crippen molar-refractivity contribution in [2.75, 3.05) is 0 Å². The van der Waals surface area contributed by atoms with E-state index in [0.29, 0.717) is 10.7 Å². The van der Waals surface area contributed by atoms with Crippen molar-refractivity contribution in [1.29, 1.82) is 0 Å². The standard InChI is InChI=1S/C8H14S/c1-6-4-7(9)5-8(6,2)3/h4,7,9H,5H2,1-3H3. The molecule has 1 heteroatoms. The molecule has 0 nitrogen and oxygen atoms in total. The lowest BCUT2D eigenvalue weighted by Crippen LogP contribution is -2.09. The van der Waals surface area contributed by atoms with Gasteiger partial charge in [-0.3, -0.25) is 0 Å². The molecule has 1 rings (SSSR count). The third-order valence-corrected chi connectivity index (χ3v) is 2.56. The van der Waals surface area contributed by atoms with Crippen molar-refractivity contribution in [2.24, 2.45) is 5.41 Å². The zero-order valence-corrected chi connectivity index (χ0v) is 7.20. The number of hydrogen-bond donors (Lipinski definition) is 1. The Hall–Kier alpha value is 0.0900. The molecule has 0 aromatic carbocycles. The van der Waals surface area contributed by atoms with Crippen LogP contribution in [0.1, 0.15) is 27.2 Å². The third kappa shape index (κ3) is 1.32. The van der Waals surface area contributed by atoms with Gasteiger partial charge in [0.15, 0.2) is 0 Å². The molecule has 0 bridgehead atoms. The molecule has 0 fully saturated rings. The zero-order valence-electron chi connectivity index (χ0n) is 6.31. The fourth-order valence-electron chi connectivity index (χ4n) is 1.26. The van der Waals surface area contributed by atoms with E-state index in [1.807, 2.05) is 0 Å². The van der Waals surface area contributed by atoms with Crippen molar-refractivity contribution in [2.45, 2.75) is 32.4 Å². The van der Waals surface area contributed by atoms with Gasteiger partial charge in [0.1, 0.15) is 0 Å². The number of thiol groups is 1. The van der Waals surface area contributed by atoms with Gasteiger partial charge in [-0.1, -0.05) is 25.5 Å². The molecule has 1 atom stereocenters. The molecule has 52 valence electrons. The van der Waals surface area contributed by atoms with Crippen LogP contribution in [0.15, 0.2) is 11.6 Å². The normalized spacial score (nSPS) is 32.4. The van der Waals surface area contributed by atoms with Crippen LogP contribution in [0.4, 0.5) is 0 Å². The Morgan fingerprint density at radius 2 is 2.22 bits per heavy atom. The van der Waals surface area contributed by atoms with Gasteiger partial charge < -0.3 is 0 Å². The molecule has 0 N–H and O–H groups in total. The third-order valence-electron chi connectivity index (χ3n) is 2.23. The van der Waals surface area contributed by atoms with E-state index in [1.165, 1.54) is 12.0 Å². The maximum Gasteiger partial charge on any atom is 0.0207 e. The molecular formula is C8H14S. The minimum atomic E-state index is 0.409.